The van der Waals surface area contributed by atoms with Crippen LogP contribution in [-0.2, 0) is 28.6 Å². The summed E-state index contributed by atoms with van der Waals surface area (Å²) in [5.74, 6) is -3.65. The van der Waals surface area contributed by atoms with Gasteiger partial charge in [-0.25, -0.2) is 0 Å². The molecule has 2 atom stereocenters. The van der Waals surface area contributed by atoms with E-state index in [-0.39, 0.29) is 19.8 Å². The van der Waals surface area contributed by atoms with Gasteiger partial charge in [0, 0.05) is 5.92 Å². The molecule has 0 aliphatic heterocycles. The average Bonchev–Trinajstić information content (AvgIpc) is 3.28. The first-order chi connectivity index (χ1) is 11.5. The molecular weight excluding hydrogens is 312 g/mol. The van der Waals surface area contributed by atoms with Gasteiger partial charge >= 0.3 is 17.9 Å². The van der Waals surface area contributed by atoms with Crippen LogP contribution in [0.15, 0.2) is 30.3 Å². The molecule has 1 aromatic carbocycles. The molecule has 24 heavy (non-hydrogen) atoms. The number of ether oxygens (including phenoxy) is 3. The number of carbonyl (C=O) groups excluding carboxylic acids is 3. The summed E-state index contributed by atoms with van der Waals surface area (Å²) in [5.41, 5.74) is -0.962. The van der Waals surface area contributed by atoms with Gasteiger partial charge in [-0.15, -0.1) is 0 Å². The second-order valence-electron chi connectivity index (χ2n) is 5.43. The molecule has 1 aliphatic rings. The van der Waals surface area contributed by atoms with Gasteiger partial charge in [-0.05, 0) is 26.3 Å². The van der Waals surface area contributed by atoms with Crippen LogP contribution in [-0.4, -0.2) is 37.7 Å². The first-order valence-electron chi connectivity index (χ1n) is 8.11. The van der Waals surface area contributed by atoms with Gasteiger partial charge in [0.25, 0.3) is 0 Å². The van der Waals surface area contributed by atoms with Gasteiger partial charge in [0.2, 0.25) is 0 Å². The van der Waals surface area contributed by atoms with Crippen molar-refractivity contribution in [3.63, 3.8) is 0 Å². The van der Waals surface area contributed by atoms with Crippen molar-refractivity contribution in [3.05, 3.63) is 35.9 Å². The van der Waals surface area contributed by atoms with E-state index in [1.807, 2.05) is 6.07 Å². The van der Waals surface area contributed by atoms with Gasteiger partial charge in [0.1, 0.15) is 0 Å². The highest BCUT2D eigenvalue weighted by Gasteiger charge is 2.80. The highest BCUT2D eigenvalue weighted by atomic mass is 16.6. The van der Waals surface area contributed by atoms with Crippen LogP contribution in [0.25, 0.3) is 0 Å². The van der Waals surface area contributed by atoms with Crippen LogP contribution in [0.5, 0.6) is 0 Å². The average molecular weight is 334 g/mol. The van der Waals surface area contributed by atoms with Crippen molar-refractivity contribution >= 4 is 17.9 Å². The molecule has 0 unspecified atom stereocenters. The quantitative estimate of drug-likeness (QED) is 0.431. The maximum Gasteiger partial charge on any atom is 0.325 e. The van der Waals surface area contributed by atoms with Crippen LogP contribution in [0, 0.1) is 11.3 Å². The molecule has 2 rings (SSSR count). The lowest BCUT2D eigenvalue weighted by atomic mass is 9.98. The number of benzene rings is 1. The van der Waals surface area contributed by atoms with Crippen LogP contribution in [0.1, 0.15) is 32.3 Å². The fourth-order valence-corrected chi connectivity index (χ4v) is 3.15. The molecule has 0 heterocycles. The Balaban J connectivity index is 2.49. The molecule has 0 bridgehead atoms. The summed E-state index contributed by atoms with van der Waals surface area (Å²) in [6.07, 6.45) is 0. The normalized spacial score (nSPS) is 20.8. The Morgan fingerprint density at radius 3 is 1.83 bits per heavy atom. The maximum absolute atomic E-state index is 12.6. The summed E-state index contributed by atoms with van der Waals surface area (Å²) in [4.78, 5) is 37.6. The predicted molar refractivity (Wildman–Crippen MR) is 85.0 cm³/mol. The zero-order chi connectivity index (χ0) is 17.7. The molecule has 0 aromatic heterocycles. The van der Waals surface area contributed by atoms with E-state index in [9.17, 15) is 14.4 Å². The van der Waals surface area contributed by atoms with Gasteiger partial charge in [0.05, 0.1) is 25.7 Å². The largest absolute Gasteiger partial charge is 0.466 e. The van der Waals surface area contributed by atoms with Crippen molar-refractivity contribution in [2.45, 2.75) is 26.7 Å². The van der Waals surface area contributed by atoms with Gasteiger partial charge in [-0.2, -0.15) is 0 Å². The minimum absolute atomic E-state index is 0.108. The van der Waals surface area contributed by atoms with Crippen molar-refractivity contribution in [2.24, 2.45) is 11.3 Å². The van der Waals surface area contributed by atoms with Crippen LogP contribution in [0.4, 0.5) is 0 Å². The minimum Gasteiger partial charge on any atom is -0.466 e. The Morgan fingerprint density at radius 1 is 0.875 bits per heavy atom. The predicted octanol–water partition coefficient (Wildman–Crippen LogP) is 2.08. The molecule has 6 nitrogen and oxygen atoms in total. The SMILES string of the molecule is CCOC(=O)[C@H]1[C@H](c2ccccc2)C1(C(=O)OCC)C(=O)OCC. The molecular formula is C18H22O6. The fraction of sp³-hybridized carbons (Fsp3) is 0.500. The molecule has 0 N–H and O–H groups in total. The Morgan fingerprint density at radius 2 is 1.38 bits per heavy atom. The fourth-order valence-electron chi connectivity index (χ4n) is 3.15. The third kappa shape index (κ3) is 2.88. The maximum atomic E-state index is 12.6. The van der Waals surface area contributed by atoms with Gasteiger partial charge in [0.15, 0.2) is 5.41 Å². The zero-order valence-electron chi connectivity index (χ0n) is 14.1. The van der Waals surface area contributed by atoms with E-state index < -0.39 is 35.2 Å². The van der Waals surface area contributed by atoms with Crippen LogP contribution < -0.4 is 0 Å². The van der Waals surface area contributed by atoms with E-state index in [0.717, 1.165) is 0 Å². The van der Waals surface area contributed by atoms with E-state index in [1.54, 1.807) is 45.0 Å². The lowest BCUT2D eigenvalue weighted by molar-refractivity contribution is -0.168. The number of hydrogen-bond acceptors (Lipinski definition) is 6. The monoisotopic (exact) mass is 334 g/mol. The van der Waals surface area contributed by atoms with E-state index >= 15 is 0 Å². The third-order valence-corrected chi connectivity index (χ3v) is 4.13. The second-order valence-corrected chi connectivity index (χ2v) is 5.43. The van der Waals surface area contributed by atoms with Crippen molar-refractivity contribution in [2.75, 3.05) is 19.8 Å². The lowest BCUT2D eigenvalue weighted by Crippen LogP contribution is -2.34. The van der Waals surface area contributed by atoms with E-state index in [0.29, 0.717) is 5.56 Å². The Hall–Kier alpha value is -2.37. The first kappa shape index (κ1) is 18.0. The minimum atomic E-state index is -1.67. The highest BCUT2D eigenvalue weighted by Crippen LogP contribution is 2.66. The number of hydrogen-bond donors (Lipinski definition) is 0. The zero-order valence-corrected chi connectivity index (χ0v) is 14.1. The van der Waals surface area contributed by atoms with Gasteiger partial charge < -0.3 is 14.2 Å². The molecule has 1 aliphatic carbocycles. The van der Waals surface area contributed by atoms with Crippen LogP contribution >= 0.6 is 0 Å². The molecule has 0 radical (unpaired) electrons. The standard InChI is InChI=1S/C18H22O6/c1-4-22-15(19)14-13(12-10-8-7-9-11-12)18(14,16(20)23-5-2)17(21)24-6-3/h7-11,13-14H,4-6H2,1-3H3/t13-,14+/m0/s1. The molecule has 0 amide bonds. The topological polar surface area (TPSA) is 78.9 Å². The summed E-state index contributed by atoms with van der Waals surface area (Å²) in [6.45, 7) is 5.35. The van der Waals surface area contributed by atoms with E-state index in [1.165, 1.54) is 0 Å². The number of carbonyl (C=O) groups is 3. The molecule has 0 saturated heterocycles. The highest BCUT2D eigenvalue weighted by molar-refractivity contribution is 6.11. The molecule has 1 fully saturated rings. The molecule has 130 valence electrons. The van der Waals surface area contributed by atoms with Crippen LogP contribution in [0.3, 0.4) is 0 Å². The van der Waals surface area contributed by atoms with Crippen LogP contribution in [0.2, 0.25) is 0 Å². The van der Waals surface area contributed by atoms with Crippen molar-refractivity contribution in [1.82, 2.24) is 0 Å². The first-order valence-corrected chi connectivity index (χ1v) is 8.11. The van der Waals surface area contributed by atoms with Crippen molar-refractivity contribution in [1.29, 1.82) is 0 Å². The van der Waals surface area contributed by atoms with E-state index in [4.69, 9.17) is 14.2 Å². The molecule has 0 spiro atoms. The molecule has 1 aromatic rings. The summed E-state index contributed by atoms with van der Waals surface area (Å²) < 4.78 is 15.3. The smallest absolute Gasteiger partial charge is 0.325 e. The summed E-state index contributed by atoms with van der Waals surface area (Å²) in [6, 6.07) is 8.95. The molecule has 1 saturated carbocycles. The Kier molecular flexibility index (Phi) is 5.59. The summed E-state index contributed by atoms with van der Waals surface area (Å²) in [5, 5.41) is 0. The Bertz CT molecular complexity index is 591. The lowest BCUT2D eigenvalue weighted by Gasteiger charge is -2.15. The second kappa shape index (κ2) is 7.47. The van der Waals surface area contributed by atoms with Gasteiger partial charge in [-0.1, -0.05) is 30.3 Å². The van der Waals surface area contributed by atoms with Crippen molar-refractivity contribution < 1.29 is 28.6 Å². The van der Waals surface area contributed by atoms with Crippen molar-refractivity contribution in [3.8, 4) is 0 Å². The van der Waals surface area contributed by atoms with Gasteiger partial charge in [-0.3, -0.25) is 14.4 Å². The number of esters is 3. The van der Waals surface area contributed by atoms with E-state index in [2.05, 4.69) is 0 Å². The summed E-state index contributed by atoms with van der Waals surface area (Å²) in [7, 11) is 0. The Labute approximate surface area is 141 Å². The molecule has 6 heteroatoms. The summed E-state index contributed by atoms with van der Waals surface area (Å²) >= 11 is 0. The number of rotatable bonds is 7. The third-order valence-electron chi connectivity index (χ3n) is 4.13.